The molecule has 0 fully saturated rings. The van der Waals surface area contributed by atoms with E-state index in [9.17, 15) is 30.7 Å². The number of halogens is 7. The molecule has 1 nitrogen and oxygen atoms in total. The summed E-state index contributed by atoms with van der Waals surface area (Å²) in [4.78, 5) is -1.07. The largest absolute Gasteiger partial charge is 0.486 e. The van der Waals surface area contributed by atoms with Crippen LogP contribution in [-0.4, -0.2) is 24.4 Å². The molecule has 0 rings (SSSR count). The molecule has 0 saturated heterocycles. The fourth-order valence-corrected chi connectivity index (χ4v) is 0.353. The van der Waals surface area contributed by atoms with E-state index >= 15 is 0 Å². The van der Waals surface area contributed by atoms with Gasteiger partial charge in [-0.3, -0.25) is 4.90 Å². The van der Waals surface area contributed by atoms with Crippen LogP contribution in [0.2, 0.25) is 0 Å². The number of allylic oxidation sites excluding steroid dienone is 1. The normalized spacial score (nSPS) is 14.6. The van der Waals surface area contributed by atoms with Gasteiger partial charge in [-0.25, -0.2) is 0 Å². The highest BCUT2D eigenvalue weighted by molar-refractivity contribution is 4.96. The summed E-state index contributed by atoms with van der Waals surface area (Å²) >= 11 is 0. The first-order valence-electron chi connectivity index (χ1n) is 2.79. The third-order valence-electron chi connectivity index (χ3n) is 0.984. The molecule has 0 aromatic carbocycles. The van der Waals surface area contributed by atoms with E-state index in [-0.39, 0.29) is 7.05 Å². The Balaban J connectivity index is 4.62. The Labute approximate surface area is 68.4 Å². The summed E-state index contributed by atoms with van der Waals surface area (Å²) < 4.78 is 80.8. The predicted octanol–water partition coefficient (Wildman–Crippen LogP) is 2.81. The van der Waals surface area contributed by atoms with Crippen molar-refractivity contribution in [3.8, 4) is 0 Å². The molecule has 0 radical (unpaired) electrons. The van der Waals surface area contributed by atoms with E-state index in [0.29, 0.717) is 0 Å². The third kappa shape index (κ3) is 4.58. The summed E-state index contributed by atoms with van der Waals surface area (Å²) in [5.41, 5.74) is 0. The summed E-state index contributed by atoms with van der Waals surface area (Å²) in [6.07, 6.45) is -11.3. The maximum absolute atomic E-state index is 12.1. The second-order valence-electron chi connectivity index (χ2n) is 2.04. The molecule has 0 aromatic heterocycles. The Morgan fingerprint density at radius 3 is 1.69 bits per heavy atom. The third-order valence-corrected chi connectivity index (χ3v) is 0.984. The van der Waals surface area contributed by atoms with Gasteiger partial charge in [-0.1, -0.05) is 0 Å². The van der Waals surface area contributed by atoms with Crippen molar-refractivity contribution < 1.29 is 30.7 Å². The Morgan fingerprint density at radius 1 is 1.08 bits per heavy atom. The molecule has 0 unspecified atom stereocenters. The van der Waals surface area contributed by atoms with E-state index in [1.807, 2.05) is 0 Å². The first-order valence-corrected chi connectivity index (χ1v) is 2.79. The van der Waals surface area contributed by atoms with Crippen molar-refractivity contribution >= 4 is 0 Å². The first-order chi connectivity index (χ1) is 5.54. The fourth-order valence-electron chi connectivity index (χ4n) is 0.353. The van der Waals surface area contributed by atoms with Crippen molar-refractivity contribution in [2.45, 2.75) is 12.5 Å². The van der Waals surface area contributed by atoms with E-state index in [4.69, 9.17) is 0 Å². The second-order valence-corrected chi connectivity index (χ2v) is 2.04. The highest BCUT2D eigenvalue weighted by atomic mass is 19.4. The zero-order valence-corrected chi connectivity index (χ0v) is 6.17. The summed E-state index contributed by atoms with van der Waals surface area (Å²) in [5.74, 6) is -2.40. The Bertz CT molecular complexity index is 200. The summed E-state index contributed by atoms with van der Waals surface area (Å²) in [7, 11) is 0.150. The lowest BCUT2D eigenvalue weighted by Gasteiger charge is -2.19. The van der Waals surface area contributed by atoms with Crippen LogP contribution in [0.25, 0.3) is 0 Å². The van der Waals surface area contributed by atoms with E-state index in [2.05, 4.69) is 0 Å². The number of hydrogen-bond acceptors (Lipinski definition) is 1. The lowest BCUT2D eigenvalue weighted by atomic mass is 10.5. The smallest absolute Gasteiger partial charge is 0.263 e. The zero-order valence-electron chi connectivity index (χ0n) is 6.17. The van der Waals surface area contributed by atoms with E-state index in [1.54, 1.807) is 0 Å². The molecule has 0 aliphatic carbocycles. The van der Waals surface area contributed by atoms with Gasteiger partial charge in [0.1, 0.15) is 0 Å². The average Bonchev–Trinajstić information content (AvgIpc) is 1.79. The van der Waals surface area contributed by atoms with Crippen LogP contribution in [-0.2, 0) is 0 Å². The van der Waals surface area contributed by atoms with Gasteiger partial charge < -0.3 is 0 Å². The number of nitrogens with zero attached hydrogens (tertiary/aromatic N) is 1. The van der Waals surface area contributed by atoms with Crippen molar-refractivity contribution in [2.24, 2.45) is 0 Å². The molecular formula is C5H4F7N. The summed E-state index contributed by atoms with van der Waals surface area (Å²) in [5, 5.41) is 0. The van der Waals surface area contributed by atoms with Crippen LogP contribution in [0.1, 0.15) is 0 Å². The zero-order chi connectivity index (χ0) is 10.9. The van der Waals surface area contributed by atoms with Crippen LogP contribution < -0.4 is 0 Å². The van der Waals surface area contributed by atoms with E-state index in [0.717, 1.165) is 0 Å². The molecule has 8 heteroatoms. The van der Waals surface area contributed by atoms with Crippen LogP contribution >= 0.6 is 0 Å². The minimum atomic E-state index is -5.16. The van der Waals surface area contributed by atoms with Gasteiger partial charge in [0.05, 0.1) is 6.08 Å². The van der Waals surface area contributed by atoms with Crippen molar-refractivity contribution in [3.05, 3.63) is 12.0 Å². The standard InChI is InChI=1S/C5H4F7N/c1-13(5(10,11)12)3(6)2-4(7,8)9/h2H,1H3/b3-2+. The molecule has 0 heterocycles. The van der Waals surface area contributed by atoms with Crippen LogP contribution in [0.4, 0.5) is 30.7 Å². The van der Waals surface area contributed by atoms with E-state index < -0.39 is 29.4 Å². The van der Waals surface area contributed by atoms with Gasteiger partial charge >= 0.3 is 12.5 Å². The second kappa shape index (κ2) is 3.43. The van der Waals surface area contributed by atoms with Gasteiger partial charge in [-0.05, 0) is 0 Å². The Kier molecular flexibility index (Phi) is 3.18. The van der Waals surface area contributed by atoms with Crippen LogP contribution in [0.3, 0.4) is 0 Å². The molecular weight excluding hydrogens is 207 g/mol. The van der Waals surface area contributed by atoms with Crippen molar-refractivity contribution in [1.29, 1.82) is 0 Å². The van der Waals surface area contributed by atoms with Crippen molar-refractivity contribution in [1.82, 2.24) is 4.90 Å². The molecule has 78 valence electrons. The van der Waals surface area contributed by atoms with Gasteiger partial charge in [-0.2, -0.15) is 30.7 Å². The molecule has 0 saturated carbocycles. The molecule has 0 amide bonds. The predicted molar refractivity (Wildman–Crippen MR) is 29.1 cm³/mol. The summed E-state index contributed by atoms with van der Waals surface area (Å²) in [6, 6.07) is 0. The molecule has 0 aromatic rings. The monoisotopic (exact) mass is 211 g/mol. The SMILES string of the molecule is CN(/C(F)=C/C(F)(F)F)C(F)(F)F. The fraction of sp³-hybridized carbons (Fsp3) is 0.600. The first kappa shape index (κ1) is 12.0. The minimum absolute atomic E-state index is 0.150. The van der Waals surface area contributed by atoms with Crippen LogP contribution in [0, 0.1) is 0 Å². The van der Waals surface area contributed by atoms with Crippen molar-refractivity contribution in [3.63, 3.8) is 0 Å². The molecule has 13 heavy (non-hydrogen) atoms. The maximum Gasteiger partial charge on any atom is 0.486 e. The average molecular weight is 211 g/mol. The summed E-state index contributed by atoms with van der Waals surface area (Å²) in [6.45, 7) is 0. The molecule has 0 aliphatic rings. The molecule has 0 bridgehead atoms. The van der Waals surface area contributed by atoms with Gasteiger partial charge in [0.25, 0.3) is 0 Å². The number of hydrogen-bond donors (Lipinski definition) is 0. The number of alkyl halides is 6. The lowest BCUT2D eigenvalue weighted by Crippen LogP contribution is -2.32. The van der Waals surface area contributed by atoms with Crippen LogP contribution in [0.15, 0.2) is 12.0 Å². The van der Waals surface area contributed by atoms with Gasteiger partial charge in [0, 0.05) is 7.05 Å². The lowest BCUT2D eigenvalue weighted by molar-refractivity contribution is -0.231. The molecule has 0 N–H and O–H groups in total. The highest BCUT2D eigenvalue weighted by Gasteiger charge is 2.38. The molecule has 0 spiro atoms. The van der Waals surface area contributed by atoms with Gasteiger partial charge in [-0.15, -0.1) is 0 Å². The van der Waals surface area contributed by atoms with E-state index in [1.165, 1.54) is 0 Å². The van der Waals surface area contributed by atoms with Crippen molar-refractivity contribution in [2.75, 3.05) is 7.05 Å². The maximum atomic E-state index is 12.1. The van der Waals surface area contributed by atoms with Gasteiger partial charge in [0.15, 0.2) is 0 Å². The highest BCUT2D eigenvalue weighted by Crippen LogP contribution is 2.27. The van der Waals surface area contributed by atoms with Crippen LogP contribution in [0.5, 0.6) is 0 Å². The topological polar surface area (TPSA) is 3.24 Å². The number of rotatable bonds is 1. The quantitative estimate of drug-likeness (QED) is 0.476. The molecule has 0 atom stereocenters. The minimum Gasteiger partial charge on any atom is -0.263 e. The Morgan fingerprint density at radius 2 is 1.46 bits per heavy atom. The Hall–Kier alpha value is -0.950. The molecule has 0 aliphatic heterocycles. The van der Waals surface area contributed by atoms with Gasteiger partial charge in [0.2, 0.25) is 5.95 Å².